The average Bonchev–Trinajstić information content (AvgIpc) is 2.87. The van der Waals surface area contributed by atoms with Crippen molar-refractivity contribution in [2.45, 2.75) is 6.36 Å². The zero-order valence-corrected chi connectivity index (χ0v) is 11.8. The van der Waals surface area contributed by atoms with Crippen molar-refractivity contribution in [3.05, 3.63) is 54.1 Å². The predicted molar refractivity (Wildman–Crippen MR) is 75.8 cm³/mol. The zero-order valence-electron chi connectivity index (χ0n) is 11.8. The normalized spacial score (nSPS) is 11.7. The highest BCUT2D eigenvalue weighted by Crippen LogP contribution is 2.32. The summed E-state index contributed by atoms with van der Waals surface area (Å²) in [5.74, 6) is -2.40. The number of aromatic nitrogens is 2. The molecular weight excluding hydrogens is 330 g/mol. The minimum Gasteiger partial charge on any atom is -0.406 e. The summed E-state index contributed by atoms with van der Waals surface area (Å²) in [4.78, 5) is 15.8. The molecule has 0 radical (unpaired) electrons. The van der Waals surface area contributed by atoms with Gasteiger partial charge in [0.25, 0.3) is 5.91 Å². The van der Waals surface area contributed by atoms with Gasteiger partial charge in [0.1, 0.15) is 28.6 Å². The fourth-order valence-electron chi connectivity index (χ4n) is 2.30. The maximum Gasteiger partial charge on any atom is 0.573 e. The molecule has 0 fully saturated rings. The molecule has 2 N–H and O–H groups in total. The van der Waals surface area contributed by atoms with E-state index in [-0.39, 0.29) is 17.0 Å². The van der Waals surface area contributed by atoms with Crippen molar-refractivity contribution >= 4 is 11.6 Å². The van der Waals surface area contributed by atoms with Crippen LogP contribution < -0.4 is 10.5 Å². The number of fused-ring (bicyclic) bond motifs is 1. The molecule has 124 valence electrons. The molecule has 1 amide bonds. The lowest BCUT2D eigenvalue weighted by atomic mass is 10.1. The molecule has 0 bridgehead atoms. The Balaban J connectivity index is 2.22. The van der Waals surface area contributed by atoms with E-state index in [0.29, 0.717) is 5.65 Å². The van der Waals surface area contributed by atoms with Crippen molar-refractivity contribution in [3.8, 4) is 17.0 Å². The van der Waals surface area contributed by atoms with Crippen LogP contribution in [-0.4, -0.2) is 21.7 Å². The number of nitrogens with two attached hydrogens (primary N) is 1. The molecular formula is C15H9F4N3O2. The molecule has 0 spiro atoms. The van der Waals surface area contributed by atoms with Gasteiger partial charge in [-0.05, 0) is 30.3 Å². The summed E-state index contributed by atoms with van der Waals surface area (Å²) >= 11 is 0. The van der Waals surface area contributed by atoms with Crippen molar-refractivity contribution in [1.29, 1.82) is 0 Å². The first-order chi connectivity index (χ1) is 11.3. The SMILES string of the molecule is NC(=O)c1c(-c2cc(OC(F)(F)F)ccc2F)nc2ccccn12. The quantitative estimate of drug-likeness (QED) is 0.745. The summed E-state index contributed by atoms with van der Waals surface area (Å²) in [7, 11) is 0. The summed E-state index contributed by atoms with van der Waals surface area (Å²) in [6.45, 7) is 0. The molecule has 0 saturated carbocycles. The van der Waals surface area contributed by atoms with E-state index in [1.165, 1.54) is 10.6 Å². The topological polar surface area (TPSA) is 69.6 Å². The summed E-state index contributed by atoms with van der Waals surface area (Å²) < 4.78 is 56.2. The lowest BCUT2D eigenvalue weighted by Gasteiger charge is -2.10. The number of nitrogens with zero attached hydrogens (tertiary/aromatic N) is 2. The maximum atomic E-state index is 14.1. The molecule has 9 heteroatoms. The van der Waals surface area contributed by atoms with Gasteiger partial charge in [0.15, 0.2) is 0 Å². The van der Waals surface area contributed by atoms with Gasteiger partial charge < -0.3 is 10.5 Å². The molecule has 0 aliphatic heterocycles. The van der Waals surface area contributed by atoms with Crippen LogP contribution in [0.25, 0.3) is 16.9 Å². The highest BCUT2D eigenvalue weighted by atomic mass is 19.4. The number of pyridine rings is 1. The van der Waals surface area contributed by atoms with Crippen molar-refractivity contribution < 1.29 is 27.1 Å². The Morgan fingerprint density at radius 2 is 1.96 bits per heavy atom. The molecule has 0 atom stereocenters. The monoisotopic (exact) mass is 339 g/mol. The number of primary amides is 1. The molecule has 2 aromatic heterocycles. The van der Waals surface area contributed by atoms with E-state index in [2.05, 4.69) is 9.72 Å². The minimum atomic E-state index is -4.93. The maximum absolute atomic E-state index is 14.1. The van der Waals surface area contributed by atoms with Crippen LogP contribution in [0.1, 0.15) is 10.5 Å². The lowest BCUT2D eigenvalue weighted by Crippen LogP contribution is -2.17. The Morgan fingerprint density at radius 3 is 2.62 bits per heavy atom. The second kappa shape index (κ2) is 5.52. The summed E-state index contributed by atoms with van der Waals surface area (Å²) in [5, 5.41) is 0. The van der Waals surface area contributed by atoms with E-state index >= 15 is 0 Å². The first-order valence-electron chi connectivity index (χ1n) is 6.59. The van der Waals surface area contributed by atoms with Crippen LogP contribution in [0.5, 0.6) is 5.75 Å². The van der Waals surface area contributed by atoms with E-state index in [9.17, 15) is 22.4 Å². The van der Waals surface area contributed by atoms with Crippen LogP contribution >= 0.6 is 0 Å². The number of hydrogen-bond acceptors (Lipinski definition) is 3. The molecule has 1 aromatic carbocycles. The predicted octanol–water partition coefficient (Wildman–Crippen LogP) is 3.14. The van der Waals surface area contributed by atoms with E-state index in [1.807, 2.05) is 0 Å². The van der Waals surface area contributed by atoms with Gasteiger partial charge in [-0.15, -0.1) is 13.2 Å². The Bertz CT molecular complexity index is 934. The van der Waals surface area contributed by atoms with E-state index in [1.54, 1.807) is 18.2 Å². The second-order valence-corrected chi connectivity index (χ2v) is 4.79. The molecule has 2 heterocycles. The summed E-state index contributed by atoms with van der Waals surface area (Å²) in [6.07, 6.45) is -3.44. The number of imidazole rings is 1. The third-order valence-electron chi connectivity index (χ3n) is 3.19. The number of rotatable bonds is 3. The second-order valence-electron chi connectivity index (χ2n) is 4.79. The van der Waals surface area contributed by atoms with Gasteiger partial charge in [-0.25, -0.2) is 9.37 Å². The van der Waals surface area contributed by atoms with Gasteiger partial charge in [-0.1, -0.05) is 6.07 Å². The average molecular weight is 339 g/mol. The van der Waals surface area contributed by atoms with Crippen LogP contribution in [0.3, 0.4) is 0 Å². The fourth-order valence-corrected chi connectivity index (χ4v) is 2.30. The molecule has 0 saturated heterocycles. The standard InChI is InChI=1S/C15H9F4N3O2/c16-10-5-4-8(24-15(17,18)19)7-9(10)12-13(14(20)23)22-6-2-1-3-11(22)21-12/h1-7H,(H2,20,23). The highest BCUT2D eigenvalue weighted by Gasteiger charge is 2.31. The number of carbonyl (C=O) groups excluding carboxylic acids is 1. The molecule has 3 aromatic rings. The number of amides is 1. The third kappa shape index (κ3) is 2.87. The first kappa shape index (κ1) is 15.8. The molecule has 0 unspecified atom stereocenters. The van der Waals surface area contributed by atoms with Gasteiger partial charge in [0.2, 0.25) is 0 Å². The lowest BCUT2D eigenvalue weighted by molar-refractivity contribution is -0.274. The van der Waals surface area contributed by atoms with E-state index in [0.717, 1.165) is 18.2 Å². The summed E-state index contributed by atoms with van der Waals surface area (Å²) in [6, 6.07) is 7.22. The van der Waals surface area contributed by atoms with Crippen molar-refractivity contribution in [1.82, 2.24) is 9.38 Å². The van der Waals surface area contributed by atoms with Crippen LogP contribution in [0.4, 0.5) is 17.6 Å². The number of halogens is 4. The van der Waals surface area contributed by atoms with Crippen LogP contribution in [0.15, 0.2) is 42.6 Å². The van der Waals surface area contributed by atoms with Crippen molar-refractivity contribution in [2.24, 2.45) is 5.73 Å². The summed E-state index contributed by atoms with van der Waals surface area (Å²) in [5.41, 5.74) is 4.98. The smallest absolute Gasteiger partial charge is 0.406 e. The van der Waals surface area contributed by atoms with Crippen LogP contribution in [0.2, 0.25) is 0 Å². The molecule has 5 nitrogen and oxygen atoms in total. The van der Waals surface area contributed by atoms with Crippen LogP contribution in [0, 0.1) is 5.82 Å². The number of hydrogen-bond donors (Lipinski definition) is 1. The first-order valence-corrected chi connectivity index (χ1v) is 6.59. The number of benzene rings is 1. The van der Waals surface area contributed by atoms with Gasteiger partial charge in [0, 0.05) is 11.8 Å². The Morgan fingerprint density at radius 1 is 1.21 bits per heavy atom. The molecule has 0 aliphatic carbocycles. The molecule has 24 heavy (non-hydrogen) atoms. The van der Waals surface area contributed by atoms with E-state index in [4.69, 9.17) is 5.73 Å². The van der Waals surface area contributed by atoms with E-state index < -0.39 is 23.8 Å². The zero-order chi connectivity index (χ0) is 17.5. The van der Waals surface area contributed by atoms with Crippen molar-refractivity contribution in [3.63, 3.8) is 0 Å². The Labute approximate surface area is 132 Å². The van der Waals surface area contributed by atoms with Crippen molar-refractivity contribution in [2.75, 3.05) is 0 Å². The molecule has 3 rings (SSSR count). The highest BCUT2D eigenvalue weighted by molar-refractivity contribution is 5.98. The largest absolute Gasteiger partial charge is 0.573 e. The van der Waals surface area contributed by atoms with Gasteiger partial charge in [0.05, 0.1) is 0 Å². The number of alkyl halides is 3. The minimum absolute atomic E-state index is 0.145. The number of ether oxygens (including phenoxy) is 1. The third-order valence-corrected chi connectivity index (χ3v) is 3.19. The number of carbonyl (C=O) groups is 1. The fraction of sp³-hybridized carbons (Fsp3) is 0.0667. The van der Waals surface area contributed by atoms with Crippen LogP contribution in [-0.2, 0) is 0 Å². The van der Waals surface area contributed by atoms with Gasteiger partial charge in [-0.2, -0.15) is 0 Å². The van der Waals surface area contributed by atoms with Gasteiger partial charge in [-0.3, -0.25) is 9.20 Å². The molecule has 0 aliphatic rings. The Hall–Kier alpha value is -3.10. The van der Waals surface area contributed by atoms with Gasteiger partial charge >= 0.3 is 6.36 Å². The Kier molecular flexibility index (Phi) is 3.63.